The highest BCUT2D eigenvalue weighted by atomic mass is 35.5. The minimum absolute atomic E-state index is 0. The first-order chi connectivity index (χ1) is 8.27. The first-order valence-corrected chi connectivity index (χ1v) is 6.86. The predicted molar refractivity (Wildman–Crippen MR) is 92.2 cm³/mol. The second-order valence-electron chi connectivity index (χ2n) is 6.29. The molecular weight excluding hydrogens is 297 g/mol. The summed E-state index contributed by atoms with van der Waals surface area (Å²) < 4.78 is 0. The van der Waals surface area contributed by atoms with Crippen molar-refractivity contribution in [1.82, 2.24) is 15.5 Å². The quantitative estimate of drug-likeness (QED) is 0.671. The molecule has 1 amide bonds. The number of amides is 1. The van der Waals surface area contributed by atoms with Crippen molar-refractivity contribution in [3.8, 4) is 0 Å². The van der Waals surface area contributed by atoms with Crippen LogP contribution in [0.2, 0.25) is 0 Å². The molecule has 1 atom stereocenters. The van der Waals surface area contributed by atoms with Crippen LogP contribution < -0.4 is 10.6 Å². The maximum Gasteiger partial charge on any atom is 0.220 e. The molecule has 0 saturated heterocycles. The van der Waals surface area contributed by atoms with Gasteiger partial charge in [-0.2, -0.15) is 0 Å². The molecule has 0 radical (unpaired) electrons. The van der Waals surface area contributed by atoms with E-state index >= 15 is 0 Å². The number of carbonyl (C=O) groups excluding carboxylic acids is 1. The third kappa shape index (κ3) is 13.0. The van der Waals surface area contributed by atoms with Gasteiger partial charge < -0.3 is 15.5 Å². The van der Waals surface area contributed by atoms with Crippen LogP contribution in [0.5, 0.6) is 0 Å². The van der Waals surface area contributed by atoms with E-state index in [1.54, 1.807) is 0 Å². The van der Waals surface area contributed by atoms with Crippen LogP contribution in [0.25, 0.3) is 0 Å². The average Bonchev–Trinajstić information content (AvgIpc) is 2.22. The van der Waals surface area contributed by atoms with Gasteiger partial charge in [0.15, 0.2) is 0 Å². The fourth-order valence-electron chi connectivity index (χ4n) is 1.80. The van der Waals surface area contributed by atoms with E-state index < -0.39 is 0 Å². The number of hydrogen-bond donors (Lipinski definition) is 2. The van der Waals surface area contributed by atoms with Crippen molar-refractivity contribution in [2.24, 2.45) is 5.41 Å². The summed E-state index contributed by atoms with van der Waals surface area (Å²) >= 11 is 0. The fourth-order valence-corrected chi connectivity index (χ4v) is 1.80. The van der Waals surface area contributed by atoms with Crippen molar-refractivity contribution in [1.29, 1.82) is 0 Å². The lowest BCUT2D eigenvalue weighted by molar-refractivity contribution is -0.122. The normalized spacial score (nSPS) is 12.3. The van der Waals surface area contributed by atoms with Gasteiger partial charge in [-0.25, -0.2) is 0 Å². The van der Waals surface area contributed by atoms with Gasteiger partial charge >= 0.3 is 0 Å². The van der Waals surface area contributed by atoms with Crippen LogP contribution in [0.3, 0.4) is 0 Å². The summed E-state index contributed by atoms with van der Waals surface area (Å²) in [6.07, 6.45) is 2.50. The van der Waals surface area contributed by atoms with Gasteiger partial charge in [0.25, 0.3) is 0 Å². The van der Waals surface area contributed by atoms with E-state index in [0.29, 0.717) is 6.42 Å². The second kappa shape index (κ2) is 12.7. The molecule has 6 heteroatoms. The predicted octanol–water partition coefficient (Wildman–Crippen LogP) is 2.31. The highest BCUT2D eigenvalue weighted by Crippen LogP contribution is 2.22. The summed E-state index contributed by atoms with van der Waals surface area (Å²) in [5.41, 5.74) is 0.106. The van der Waals surface area contributed by atoms with Gasteiger partial charge in [0.05, 0.1) is 0 Å². The zero-order valence-electron chi connectivity index (χ0n) is 13.8. The van der Waals surface area contributed by atoms with Gasteiger partial charge in [0.1, 0.15) is 0 Å². The molecule has 0 fully saturated rings. The molecule has 0 saturated carbocycles. The Balaban J connectivity index is -0.00000144. The Hall–Kier alpha value is -0.0300. The maximum absolute atomic E-state index is 11.9. The molecule has 124 valence electrons. The molecule has 0 aliphatic rings. The van der Waals surface area contributed by atoms with E-state index in [2.05, 4.69) is 50.4 Å². The van der Waals surface area contributed by atoms with Crippen molar-refractivity contribution in [2.45, 2.75) is 46.1 Å². The van der Waals surface area contributed by atoms with E-state index in [4.69, 9.17) is 0 Å². The molecule has 0 bridgehead atoms. The van der Waals surface area contributed by atoms with Gasteiger partial charge in [0, 0.05) is 12.5 Å². The van der Waals surface area contributed by atoms with E-state index in [-0.39, 0.29) is 42.2 Å². The largest absolute Gasteiger partial charge is 0.353 e. The molecule has 0 aromatic rings. The van der Waals surface area contributed by atoms with Crippen molar-refractivity contribution < 1.29 is 4.79 Å². The molecule has 1 unspecified atom stereocenters. The zero-order chi connectivity index (χ0) is 14.2. The smallest absolute Gasteiger partial charge is 0.220 e. The lowest BCUT2D eigenvalue weighted by Gasteiger charge is -2.32. The van der Waals surface area contributed by atoms with Crippen LogP contribution in [0.15, 0.2) is 0 Å². The van der Waals surface area contributed by atoms with Crippen LogP contribution in [0.1, 0.15) is 40.0 Å². The monoisotopic (exact) mass is 329 g/mol. The Bertz CT molecular complexity index is 243. The van der Waals surface area contributed by atoms with Crippen LogP contribution in [-0.4, -0.2) is 51.1 Å². The molecule has 0 rings (SSSR count). The first-order valence-electron chi connectivity index (χ1n) is 6.86. The number of rotatable bonds is 8. The van der Waals surface area contributed by atoms with Crippen molar-refractivity contribution in [3.63, 3.8) is 0 Å². The second-order valence-corrected chi connectivity index (χ2v) is 6.29. The number of nitrogens with zero attached hydrogens (tertiary/aromatic N) is 1. The molecule has 0 aromatic carbocycles. The summed E-state index contributed by atoms with van der Waals surface area (Å²) in [5.74, 6) is 0.170. The summed E-state index contributed by atoms with van der Waals surface area (Å²) in [6.45, 7) is 8.44. The summed E-state index contributed by atoms with van der Waals surface area (Å²) in [7, 11) is 6.04. The van der Waals surface area contributed by atoms with Gasteiger partial charge in [0.2, 0.25) is 5.91 Å². The van der Waals surface area contributed by atoms with E-state index in [1.807, 2.05) is 7.05 Å². The molecule has 0 aromatic heterocycles. The topological polar surface area (TPSA) is 44.4 Å². The van der Waals surface area contributed by atoms with E-state index in [1.165, 1.54) is 0 Å². The average molecular weight is 330 g/mol. The lowest BCUT2D eigenvalue weighted by atomic mass is 9.84. The van der Waals surface area contributed by atoms with Crippen molar-refractivity contribution in [2.75, 3.05) is 34.2 Å². The molecule has 0 heterocycles. The zero-order valence-corrected chi connectivity index (χ0v) is 15.4. The molecule has 0 aliphatic carbocycles. The van der Waals surface area contributed by atoms with Gasteiger partial charge in [-0.3, -0.25) is 4.79 Å². The maximum atomic E-state index is 11.9. The molecule has 20 heavy (non-hydrogen) atoms. The fraction of sp³-hybridized carbons (Fsp3) is 0.929. The van der Waals surface area contributed by atoms with Gasteiger partial charge in [-0.05, 0) is 52.5 Å². The Morgan fingerprint density at radius 1 is 1.20 bits per heavy atom. The molecule has 2 N–H and O–H groups in total. The van der Waals surface area contributed by atoms with E-state index in [0.717, 1.165) is 25.9 Å². The molecule has 4 nitrogen and oxygen atoms in total. The van der Waals surface area contributed by atoms with E-state index in [9.17, 15) is 4.79 Å². The summed E-state index contributed by atoms with van der Waals surface area (Å²) in [6, 6.07) is 0.238. The van der Waals surface area contributed by atoms with Crippen LogP contribution in [0, 0.1) is 5.41 Å². The molecule has 0 spiro atoms. The third-order valence-electron chi connectivity index (χ3n) is 3.08. The SMILES string of the molecule is CNCCCC(=O)NC(CCN(C)C)C(C)(C)C.Cl.Cl. The summed E-state index contributed by atoms with van der Waals surface area (Å²) in [4.78, 5) is 14.0. The Labute approximate surface area is 137 Å². The number of halogens is 2. The van der Waals surface area contributed by atoms with Crippen LogP contribution in [0.4, 0.5) is 0 Å². The minimum Gasteiger partial charge on any atom is -0.353 e. The number of carbonyl (C=O) groups is 1. The lowest BCUT2D eigenvalue weighted by Crippen LogP contribution is -2.45. The van der Waals surface area contributed by atoms with Gasteiger partial charge in [-0.15, -0.1) is 24.8 Å². The number of hydrogen-bond acceptors (Lipinski definition) is 3. The van der Waals surface area contributed by atoms with Crippen molar-refractivity contribution >= 4 is 30.7 Å². The van der Waals surface area contributed by atoms with Gasteiger partial charge in [-0.1, -0.05) is 20.8 Å². The Kier molecular flexibility index (Phi) is 15.8. The Morgan fingerprint density at radius 2 is 1.75 bits per heavy atom. The number of nitrogens with one attached hydrogen (secondary N) is 2. The van der Waals surface area contributed by atoms with Crippen LogP contribution in [-0.2, 0) is 4.79 Å². The highest BCUT2D eigenvalue weighted by molar-refractivity contribution is 5.85. The van der Waals surface area contributed by atoms with Crippen molar-refractivity contribution in [3.05, 3.63) is 0 Å². The molecular formula is C14H33Cl2N3O. The standard InChI is InChI=1S/C14H31N3O.2ClH/c1-14(2,3)12(9-11-17(5)6)16-13(18)8-7-10-15-4;;/h12,15H,7-11H2,1-6H3,(H,16,18);2*1H. The van der Waals surface area contributed by atoms with Crippen LogP contribution >= 0.6 is 24.8 Å². The summed E-state index contributed by atoms with van der Waals surface area (Å²) in [5, 5.41) is 6.24. The highest BCUT2D eigenvalue weighted by Gasteiger charge is 2.25. The Morgan fingerprint density at radius 3 is 2.15 bits per heavy atom. The third-order valence-corrected chi connectivity index (χ3v) is 3.08. The molecule has 0 aliphatic heterocycles. The first kappa shape index (κ1) is 25.0. The minimum atomic E-state index is 0.